The summed E-state index contributed by atoms with van der Waals surface area (Å²) in [6.07, 6.45) is 3.67. The van der Waals surface area contributed by atoms with E-state index in [-0.39, 0.29) is 5.75 Å². The molecule has 90 valence electrons. The molecule has 0 atom stereocenters. The average molecular weight is 234 g/mol. The van der Waals surface area contributed by atoms with Crippen LogP contribution in [0.2, 0.25) is 0 Å². The Kier molecular flexibility index (Phi) is 2.58. The van der Waals surface area contributed by atoms with E-state index >= 15 is 0 Å². The molecule has 1 N–H and O–H groups in total. The fourth-order valence-corrected chi connectivity index (χ4v) is 1.75. The minimum atomic E-state index is -0.495. The molecule has 0 bridgehead atoms. The Labute approximate surface area is 99.5 Å². The number of hydrogen-bond donors (Lipinski definition) is 1. The molecule has 1 heterocycles. The van der Waals surface area contributed by atoms with E-state index in [0.717, 1.165) is 0 Å². The predicted octanol–water partition coefficient (Wildman–Crippen LogP) is 2.36. The van der Waals surface area contributed by atoms with Crippen LogP contribution in [0.5, 0.6) is 11.5 Å². The largest absolute Gasteiger partial charge is 0.508 e. The van der Waals surface area contributed by atoms with Gasteiger partial charge in [-0.2, -0.15) is 0 Å². The molecular formula is C13H14O4. The number of aromatic hydroxyl groups is 1. The normalized spacial score (nSPS) is 15.9. The van der Waals surface area contributed by atoms with Crippen LogP contribution in [0, 0.1) is 0 Å². The van der Waals surface area contributed by atoms with Crippen molar-refractivity contribution in [1.29, 1.82) is 0 Å². The van der Waals surface area contributed by atoms with Gasteiger partial charge in [-0.05, 0) is 26.0 Å². The van der Waals surface area contributed by atoms with Gasteiger partial charge >= 0.3 is 5.97 Å². The number of phenolic OH excluding ortho intramolecular Hbond substituents is 1. The van der Waals surface area contributed by atoms with Crippen molar-refractivity contribution in [1.82, 2.24) is 0 Å². The molecule has 2 rings (SSSR count). The Morgan fingerprint density at radius 1 is 1.41 bits per heavy atom. The third-order valence-electron chi connectivity index (χ3n) is 2.56. The van der Waals surface area contributed by atoms with Gasteiger partial charge in [0.05, 0.1) is 12.7 Å². The lowest BCUT2D eigenvalue weighted by atomic mass is 9.98. The Balaban J connectivity index is 2.58. The summed E-state index contributed by atoms with van der Waals surface area (Å²) in [5.41, 5.74) is 0.483. The molecule has 1 aliphatic heterocycles. The van der Waals surface area contributed by atoms with Gasteiger partial charge in [0.2, 0.25) is 0 Å². The van der Waals surface area contributed by atoms with E-state index in [1.165, 1.54) is 19.2 Å². The summed E-state index contributed by atoms with van der Waals surface area (Å²) in [4.78, 5) is 11.6. The fraction of sp³-hybridized carbons (Fsp3) is 0.308. The highest BCUT2D eigenvalue weighted by atomic mass is 16.5. The van der Waals surface area contributed by atoms with Gasteiger partial charge in [0.1, 0.15) is 17.1 Å². The zero-order valence-electron chi connectivity index (χ0n) is 9.98. The number of carbonyl (C=O) groups is 1. The average Bonchev–Trinajstić information content (AvgIpc) is 2.25. The molecule has 1 aromatic carbocycles. The van der Waals surface area contributed by atoms with Crippen LogP contribution in [0.4, 0.5) is 0 Å². The van der Waals surface area contributed by atoms with Crippen LogP contribution in [0.15, 0.2) is 18.2 Å². The molecule has 1 aliphatic rings. The van der Waals surface area contributed by atoms with Gasteiger partial charge < -0.3 is 14.6 Å². The third kappa shape index (κ3) is 2.11. The van der Waals surface area contributed by atoms with Gasteiger partial charge in [0.15, 0.2) is 0 Å². The van der Waals surface area contributed by atoms with Crippen molar-refractivity contribution in [3.05, 3.63) is 29.3 Å². The van der Waals surface area contributed by atoms with E-state index in [2.05, 4.69) is 4.74 Å². The standard InChI is InChI=1S/C13H14O4/c1-13(2)5-4-9-10(12(15)16-3)6-8(14)7-11(9)17-13/h4-7,14H,1-3H3. The highest BCUT2D eigenvalue weighted by Crippen LogP contribution is 2.36. The first-order chi connectivity index (χ1) is 7.93. The number of fused-ring (bicyclic) bond motifs is 1. The molecule has 0 amide bonds. The molecule has 0 aliphatic carbocycles. The van der Waals surface area contributed by atoms with Crippen molar-refractivity contribution in [3.63, 3.8) is 0 Å². The molecule has 4 heteroatoms. The SMILES string of the molecule is COC(=O)c1cc(O)cc2c1C=CC(C)(C)O2. The maximum Gasteiger partial charge on any atom is 0.338 e. The van der Waals surface area contributed by atoms with Crippen LogP contribution in [0.1, 0.15) is 29.8 Å². The molecule has 4 nitrogen and oxygen atoms in total. The van der Waals surface area contributed by atoms with Gasteiger partial charge in [0.25, 0.3) is 0 Å². The van der Waals surface area contributed by atoms with Gasteiger partial charge in [-0.25, -0.2) is 4.79 Å². The molecule has 0 saturated heterocycles. The summed E-state index contributed by atoms with van der Waals surface area (Å²) in [7, 11) is 1.30. The highest BCUT2D eigenvalue weighted by molar-refractivity contribution is 5.95. The maximum absolute atomic E-state index is 11.6. The van der Waals surface area contributed by atoms with Gasteiger partial charge in [0, 0.05) is 11.6 Å². The molecule has 0 spiro atoms. The van der Waals surface area contributed by atoms with Crippen molar-refractivity contribution >= 4 is 12.0 Å². The summed E-state index contributed by atoms with van der Waals surface area (Å²) in [5.74, 6) is -0.0294. The van der Waals surface area contributed by atoms with Gasteiger partial charge in [-0.3, -0.25) is 0 Å². The van der Waals surface area contributed by atoms with E-state index in [1.54, 1.807) is 0 Å². The Hall–Kier alpha value is -1.97. The van der Waals surface area contributed by atoms with Gasteiger partial charge in [-0.15, -0.1) is 0 Å². The number of hydrogen-bond acceptors (Lipinski definition) is 4. The zero-order chi connectivity index (χ0) is 12.6. The minimum Gasteiger partial charge on any atom is -0.508 e. The molecule has 0 unspecified atom stereocenters. The topological polar surface area (TPSA) is 55.8 Å². The number of carbonyl (C=O) groups excluding carboxylic acids is 1. The highest BCUT2D eigenvalue weighted by Gasteiger charge is 2.26. The van der Waals surface area contributed by atoms with Crippen LogP contribution in [-0.4, -0.2) is 23.8 Å². The number of phenols is 1. The third-order valence-corrected chi connectivity index (χ3v) is 2.56. The van der Waals surface area contributed by atoms with Crippen LogP contribution in [-0.2, 0) is 4.74 Å². The van der Waals surface area contributed by atoms with Crippen LogP contribution in [0.25, 0.3) is 6.08 Å². The number of benzene rings is 1. The molecule has 0 radical (unpaired) electrons. The number of methoxy groups -OCH3 is 1. The van der Waals surface area contributed by atoms with Crippen LogP contribution >= 0.6 is 0 Å². The molecule has 17 heavy (non-hydrogen) atoms. The van der Waals surface area contributed by atoms with Crippen molar-refractivity contribution in [3.8, 4) is 11.5 Å². The maximum atomic E-state index is 11.6. The van der Waals surface area contributed by atoms with E-state index in [1.807, 2.05) is 26.0 Å². The Morgan fingerprint density at radius 2 is 2.12 bits per heavy atom. The second-order valence-electron chi connectivity index (χ2n) is 4.44. The van der Waals surface area contributed by atoms with Crippen LogP contribution < -0.4 is 4.74 Å². The number of ether oxygens (including phenoxy) is 2. The van der Waals surface area contributed by atoms with E-state index < -0.39 is 11.6 Å². The lowest BCUT2D eigenvalue weighted by Gasteiger charge is -2.28. The van der Waals surface area contributed by atoms with Crippen molar-refractivity contribution < 1.29 is 19.4 Å². The first-order valence-electron chi connectivity index (χ1n) is 5.26. The summed E-state index contributed by atoms with van der Waals surface area (Å²) < 4.78 is 10.4. The minimum absolute atomic E-state index is 0.0183. The second kappa shape index (κ2) is 3.80. The first-order valence-corrected chi connectivity index (χ1v) is 5.26. The van der Waals surface area contributed by atoms with E-state index in [0.29, 0.717) is 16.9 Å². The quantitative estimate of drug-likeness (QED) is 0.758. The summed E-state index contributed by atoms with van der Waals surface area (Å²) in [6, 6.07) is 2.86. The summed E-state index contributed by atoms with van der Waals surface area (Å²) in [5, 5.41) is 9.57. The molecule has 0 aromatic heterocycles. The number of esters is 1. The first kappa shape index (κ1) is 11.5. The Bertz CT molecular complexity index is 500. The van der Waals surface area contributed by atoms with E-state index in [9.17, 15) is 9.90 Å². The smallest absolute Gasteiger partial charge is 0.338 e. The summed E-state index contributed by atoms with van der Waals surface area (Å²) in [6.45, 7) is 3.79. The fourth-order valence-electron chi connectivity index (χ4n) is 1.75. The lowest BCUT2D eigenvalue weighted by molar-refractivity contribution is 0.0598. The molecular weight excluding hydrogens is 220 g/mol. The predicted molar refractivity (Wildman–Crippen MR) is 63.2 cm³/mol. The van der Waals surface area contributed by atoms with Crippen molar-refractivity contribution in [2.24, 2.45) is 0 Å². The molecule has 0 saturated carbocycles. The summed E-state index contributed by atoms with van der Waals surface area (Å²) >= 11 is 0. The monoisotopic (exact) mass is 234 g/mol. The zero-order valence-corrected chi connectivity index (χ0v) is 9.98. The second-order valence-corrected chi connectivity index (χ2v) is 4.44. The van der Waals surface area contributed by atoms with Crippen molar-refractivity contribution in [2.75, 3.05) is 7.11 Å². The van der Waals surface area contributed by atoms with Crippen LogP contribution in [0.3, 0.4) is 0 Å². The van der Waals surface area contributed by atoms with Gasteiger partial charge in [-0.1, -0.05) is 6.08 Å². The number of rotatable bonds is 1. The van der Waals surface area contributed by atoms with E-state index in [4.69, 9.17) is 4.74 Å². The molecule has 1 aromatic rings. The van der Waals surface area contributed by atoms with Crippen molar-refractivity contribution in [2.45, 2.75) is 19.4 Å². The Morgan fingerprint density at radius 3 is 2.76 bits per heavy atom. The lowest BCUT2D eigenvalue weighted by Crippen LogP contribution is -2.28. The molecule has 0 fully saturated rings.